The van der Waals surface area contributed by atoms with Crippen molar-refractivity contribution in [1.29, 1.82) is 0 Å². The lowest BCUT2D eigenvalue weighted by atomic mass is 10.1. The van der Waals surface area contributed by atoms with Crippen molar-refractivity contribution >= 4 is 11.3 Å². The van der Waals surface area contributed by atoms with Crippen LogP contribution < -0.4 is 5.56 Å². The van der Waals surface area contributed by atoms with Crippen molar-refractivity contribution in [3.05, 3.63) is 74.3 Å². The molecule has 8 heteroatoms. The van der Waals surface area contributed by atoms with Gasteiger partial charge in [-0.05, 0) is 24.6 Å². The molecule has 0 aliphatic carbocycles. The van der Waals surface area contributed by atoms with E-state index in [4.69, 9.17) is 0 Å². The van der Waals surface area contributed by atoms with Gasteiger partial charge < -0.3 is 4.98 Å². The molecular weight excluding hydrogens is 387 g/mol. The number of thiophene rings is 1. The number of alkyl halides is 3. The number of H-pyrrole nitrogens is 1. The first-order valence-electron chi connectivity index (χ1n) is 8.87. The smallest absolute Gasteiger partial charge is 0.303 e. The zero-order valence-electron chi connectivity index (χ0n) is 15.1. The molecule has 0 radical (unpaired) electrons. The number of benzene rings is 1. The molecule has 0 atom stereocenters. The number of aryl methyl sites for hydroxylation is 1. The molecule has 4 rings (SSSR count). The van der Waals surface area contributed by atoms with Gasteiger partial charge >= 0.3 is 6.18 Å². The van der Waals surface area contributed by atoms with Crippen LogP contribution in [-0.2, 0) is 25.7 Å². The maximum atomic E-state index is 12.8. The summed E-state index contributed by atoms with van der Waals surface area (Å²) < 4.78 is 38.5. The molecule has 1 N–H and O–H groups in total. The summed E-state index contributed by atoms with van der Waals surface area (Å²) in [6.45, 7) is 3.57. The largest absolute Gasteiger partial charge is 0.449 e. The normalized spacial score (nSPS) is 14.9. The van der Waals surface area contributed by atoms with Crippen LogP contribution in [-0.4, -0.2) is 21.4 Å². The lowest BCUT2D eigenvalue weighted by Crippen LogP contribution is -2.36. The number of hydrogen-bond donors (Lipinski definition) is 1. The molecule has 0 bridgehead atoms. The number of halogens is 3. The van der Waals surface area contributed by atoms with E-state index in [0.29, 0.717) is 31.6 Å². The van der Waals surface area contributed by atoms with Crippen LogP contribution in [0.4, 0.5) is 13.2 Å². The molecule has 0 fully saturated rings. The first-order chi connectivity index (χ1) is 13.3. The van der Waals surface area contributed by atoms with Gasteiger partial charge in [0.15, 0.2) is 0 Å². The van der Waals surface area contributed by atoms with Crippen LogP contribution >= 0.6 is 11.3 Å². The van der Waals surface area contributed by atoms with Gasteiger partial charge in [-0.3, -0.25) is 9.69 Å². The van der Waals surface area contributed by atoms with E-state index in [-0.39, 0.29) is 5.69 Å². The quantitative estimate of drug-likeness (QED) is 0.703. The van der Waals surface area contributed by atoms with Crippen LogP contribution in [0.15, 0.2) is 41.2 Å². The van der Waals surface area contributed by atoms with Crippen LogP contribution in [0.5, 0.6) is 0 Å². The average Bonchev–Trinajstić information content (AvgIpc) is 3.10. The molecule has 4 nitrogen and oxygen atoms in total. The van der Waals surface area contributed by atoms with Gasteiger partial charge in [0.2, 0.25) is 5.82 Å². The minimum atomic E-state index is -4.64. The summed E-state index contributed by atoms with van der Waals surface area (Å²) in [5.41, 5.74) is 2.24. The van der Waals surface area contributed by atoms with Crippen molar-refractivity contribution in [2.45, 2.75) is 32.6 Å². The minimum absolute atomic E-state index is 0.249. The zero-order valence-corrected chi connectivity index (χ0v) is 16.0. The van der Waals surface area contributed by atoms with E-state index in [0.717, 1.165) is 4.88 Å². The molecule has 1 aliphatic heterocycles. The third kappa shape index (κ3) is 3.88. The Labute approximate surface area is 163 Å². The Morgan fingerprint density at radius 2 is 2.07 bits per heavy atom. The number of aromatic nitrogens is 2. The van der Waals surface area contributed by atoms with Gasteiger partial charge in [-0.25, -0.2) is 4.98 Å². The fraction of sp³-hybridized carbons (Fsp3) is 0.300. The molecule has 28 heavy (non-hydrogen) atoms. The second-order valence-electron chi connectivity index (χ2n) is 6.93. The maximum absolute atomic E-state index is 12.8. The first kappa shape index (κ1) is 18.9. The summed E-state index contributed by atoms with van der Waals surface area (Å²) in [7, 11) is 0. The molecule has 0 spiro atoms. The fourth-order valence-electron chi connectivity index (χ4n) is 3.39. The van der Waals surface area contributed by atoms with Gasteiger partial charge in [0.1, 0.15) is 0 Å². The molecule has 1 aliphatic rings. The van der Waals surface area contributed by atoms with Crippen molar-refractivity contribution in [2.75, 3.05) is 6.54 Å². The highest BCUT2D eigenvalue weighted by Crippen LogP contribution is 2.30. The van der Waals surface area contributed by atoms with Gasteiger partial charge in [0.25, 0.3) is 5.56 Å². The first-order valence-corrected chi connectivity index (χ1v) is 9.68. The Hall–Kier alpha value is -2.45. The Morgan fingerprint density at radius 1 is 1.25 bits per heavy atom. The lowest BCUT2D eigenvalue weighted by Gasteiger charge is -2.27. The van der Waals surface area contributed by atoms with Gasteiger partial charge in [-0.15, -0.1) is 11.3 Å². The van der Waals surface area contributed by atoms with E-state index in [2.05, 4.69) is 47.1 Å². The standard InChI is InChI=1S/C20H18F3N3OS/c1-12-3-2-4-13(9-12)17-6-5-14(28-17)10-26-8-7-16-15(11-26)18(27)25-19(24-16)20(21,22)23/h2-6,9H,7-8,10-11H2,1H3,(H,24,25,27). The second-order valence-corrected chi connectivity index (χ2v) is 8.10. The Kier molecular flexibility index (Phi) is 4.84. The summed E-state index contributed by atoms with van der Waals surface area (Å²) in [5, 5.41) is 0. The van der Waals surface area contributed by atoms with Gasteiger partial charge in [0.05, 0.1) is 11.3 Å². The van der Waals surface area contributed by atoms with Gasteiger partial charge in [-0.2, -0.15) is 13.2 Å². The number of rotatable bonds is 3. The monoisotopic (exact) mass is 405 g/mol. The maximum Gasteiger partial charge on any atom is 0.449 e. The van der Waals surface area contributed by atoms with E-state index in [9.17, 15) is 18.0 Å². The SMILES string of the molecule is Cc1cccc(-c2ccc(CN3CCc4nc(C(F)(F)F)[nH]c(=O)c4C3)s2)c1. The number of nitrogens with zero attached hydrogens (tertiary/aromatic N) is 2. The Morgan fingerprint density at radius 3 is 2.82 bits per heavy atom. The third-order valence-electron chi connectivity index (χ3n) is 4.76. The van der Waals surface area contributed by atoms with Crippen molar-refractivity contribution < 1.29 is 13.2 Å². The fourth-order valence-corrected chi connectivity index (χ4v) is 4.43. The van der Waals surface area contributed by atoms with E-state index in [1.807, 2.05) is 11.1 Å². The summed E-state index contributed by atoms with van der Waals surface area (Å²) in [4.78, 5) is 22.0. The molecule has 0 saturated carbocycles. The second kappa shape index (κ2) is 7.18. The minimum Gasteiger partial charge on any atom is -0.303 e. The van der Waals surface area contributed by atoms with Crippen LogP contribution in [0.2, 0.25) is 0 Å². The highest BCUT2D eigenvalue weighted by molar-refractivity contribution is 7.15. The number of aromatic amines is 1. The lowest BCUT2D eigenvalue weighted by molar-refractivity contribution is -0.145. The van der Waals surface area contributed by atoms with Crippen molar-refractivity contribution in [2.24, 2.45) is 0 Å². The van der Waals surface area contributed by atoms with Gasteiger partial charge in [-0.1, -0.05) is 29.8 Å². The molecule has 3 heterocycles. The van der Waals surface area contributed by atoms with Crippen LogP contribution in [0.3, 0.4) is 0 Å². The zero-order chi connectivity index (χ0) is 19.9. The number of nitrogens with one attached hydrogen (secondary N) is 1. The summed E-state index contributed by atoms with van der Waals surface area (Å²) in [6.07, 6.45) is -4.31. The Balaban J connectivity index is 1.51. The van der Waals surface area contributed by atoms with E-state index in [1.54, 1.807) is 11.3 Å². The molecule has 3 aromatic rings. The molecule has 2 aromatic heterocycles. The molecule has 146 valence electrons. The van der Waals surface area contributed by atoms with Crippen LogP contribution in [0.25, 0.3) is 10.4 Å². The van der Waals surface area contributed by atoms with Crippen LogP contribution in [0.1, 0.15) is 27.5 Å². The van der Waals surface area contributed by atoms with Crippen molar-refractivity contribution in [3.8, 4) is 10.4 Å². The molecule has 0 saturated heterocycles. The van der Waals surface area contributed by atoms with E-state index >= 15 is 0 Å². The summed E-state index contributed by atoms with van der Waals surface area (Å²) >= 11 is 1.69. The van der Waals surface area contributed by atoms with Crippen molar-refractivity contribution in [3.63, 3.8) is 0 Å². The van der Waals surface area contributed by atoms with Crippen molar-refractivity contribution in [1.82, 2.24) is 14.9 Å². The molecular formula is C20H18F3N3OS. The highest BCUT2D eigenvalue weighted by Gasteiger charge is 2.35. The summed E-state index contributed by atoms with van der Waals surface area (Å²) in [5.74, 6) is -1.22. The highest BCUT2D eigenvalue weighted by atomic mass is 32.1. The molecule has 0 unspecified atom stereocenters. The third-order valence-corrected chi connectivity index (χ3v) is 5.88. The van der Waals surface area contributed by atoms with E-state index in [1.165, 1.54) is 16.0 Å². The van der Waals surface area contributed by atoms with Gasteiger partial charge in [0, 0.05) is 35.8 Å². The molecule has 1 aromatic carbocycles. The predicted octanol–water partition coefficient (Wildman–Crippen LogP) is 4.38. The predicted molar refractivity (Wildman–Crippen MR) is 102 cm³/mol. The van der Waals surface area contributed by atoms with Crippen LogP contribution in [0, 0.1) is 6.92 Å². The number of hydrogen-bond acceptors (Lipinski definition) is 4. The summed E-state index contributed by atoms with van der Waals surface area (Å²) in [6, 6.07) is 12.4. The molecule has 0 amide bonds. The number of fused-ring (bicyclic) bond motifs is 1. The van der Waals surface area contributed by atoms with E-state index < -0.39 is 17.6 Å². The topological polar surface area (TPSA) is 49.0 Å². The Bertz CT molecular complexity index is 1070. The average molecular weight is 405 g/mol.